The molecule has 0 radical (unpaired) electrons. The molecule has 0 saturated heterocycles. The Labute approximate surface area is 693 Å². The SMILES string of the molecule is Brc1ccc2c(c1)C1(c3ccccc3-c3ccccc31)c1ccccc1C21c2ccccc2-c2ccccc21.OB(O)c1cccc(-n2c3ccccc3c3ccccc32)c1.c1cc(-c2ccc3c(c2)C2(c4ccccc4-c4ccccc42)c2ccccc2C32c3ccccc3-c3ccccc32)cc(-n2c3ccccc3c3ccccc32)c1. The van der Waals surface area contributed by atoms with Gasteiger partial charge in [-0.05, 0) is 217 Å². The summed E-state index contributed by atoms with van der Waals surface area (Å²) in [6, 6.07) is 156. The smallest absolute Gasteiger partial charge is 0.423 e. The number of rotatable bonds is 4. The molecule has 0 fully saturated rings. The van der Waals surface area contributed by atoms with Crippen LogP contribution in [0.3, 0.4) is 0 Å². The maximum absolute atomic E-state index is 9.42. The van der Waals surface area contributed by atoms with Crippen LogP contribution in [-0.2, 0) is 21.7 Å². The van der Waals surface area contributed by atoms with E-state index in [9.17, 15) is 10.0 Å². The Morgan fingerprint density at radius 1 is 0.195 bits per heavy atom. The number of hydrogen-bond donors (Lipinski definition) is 2. The lowest BCUT2D eigenvalue weighted by Crippen LogP contribution is -2.43. The molecular weight excluding hydrogens is 1500 g/mol. The summed E-state index contributed by atoms with van der Waals surface area (Å²) in [6.45, 7) is 0. The molecule has 18 aromatic carbocycles. The summed E-state index contributed by atoms with van der Waals surface area (Å²) in [6.07, 6.45) is 0. The van der Waals surface area contributed by atoms with Gasteiger partial charge in [0, 0.05) is 37.4 Å². The van der Waals surface area contributed by atoms with Crippen molar-refractivity contribution in [3.8, 4) is 67.0 Å². The van der Waals surface area contributed by atoms with Gasteiger partial charge in [0.05, 0.1) is 43.7 Å². The van der Waals surface area contributed by atoms with E-state index in [0.29, 0.717) is 5.46 Å². The molecule has 6 aliphatic rings. The molecule has 6 heteroatoms. The topological polar surface area (TPSA) is 50.3 Å². The molecule has 2 N–H and O–H groups in total. The number of benzene rings is 18. The van der Waals surface area contributed by atoms with Gasteiger partial charge in [0.15, 0.2) is 0 Å². The normalized spacial score (nSPS) is 14.3. The lowest BCUT2D eigenvalue weighted by molar-refractivity contribution is 0.425. The zero-order chi connectivity index (χ0) is 78.2. The quantitative estimate of drug-likeness (QED) is 0.173. The van der Waals surface area contributed by atoms with Gasteiger partial charge in [0.1, 0.15) is 0 Å². The van der Waals surface area contributed by atoms with Crippen molar-refractivity contribution in [3.05, 3.63) is 518 Å². The van der Waals surface area contributed by atoms with E-state index in [0.717, 1.165) is 26.9 Å². The molecule has 0 amide bonds. The van der Waals surface area contributed by atoms with Crippen LogP contribution in [0.2, 0.25) is 0 Å². The summed E-state index contributed by atoms with van der Waals surface area (Å²) in [5, 5.41) is 23.8. The van der Waals surface area contributed by atoms with E-state index in [1.54, 1.807) is 6.07 Å². The molecule has 0 aliphatic heterocycles. The van der Waals surface area contributed by atoms with Crippen LogP contribution >= 0.6 is 15.9 Å². The van der Waals surface area contributed by atoms with E-state index in [1.165, 1.54) is 177 Å². The van der Waals surface area contributed by atoms with Crippen molar-refractivity contribution in [2.24, 2.45) is 0 Å². The van der Waals surface area contributed by atoms with Crippen LogP contribution in [-0.4, -0.2) is 26.3 Å². The predicted octanol–water partition coefficient (Wildman–Crippen LogP) is 25.4. The molecular formula is C112H72BBrN2O2. The van der Waals surface area contributed by atoms with Crippen LogP contribution in [0.15, 0.2) is 429 Å². The van der Waals surface area contributed by atoms with E-state index in [-0.39, 0.29) is 0 Å². The van der Waals surface area contributed by atoms with Crippen molar-refractivity contribution < 1.29 is 10.0 Å². The predicted molar refractivity (Wildman–Crippen MR) is 487 cm³/mol. The zero-order valence-electron chi connectivity index (χ0n) is 64.2. The Morgan fingerprint density at radius 2 is 0.441 bits per heavy atom. The molecule has 0 unspecified atom stereocenters. The molecule has 0 atom stereocenters. The first-order chi connectivity index (χ1) is 58.3. The van der Waals surface area contributed by atoms with Crippen LogP contribution in [0.1, 0.15) is 89.0 Å². The average molecular weight is 1570 g/mol. The molecule has 552 valence electrons. The van der Waals surface area contributed by atoms with E-state index >= 15 is 0 Å². The van der Waals surface area contributed by atoms with Gasteiger partial charge in [0.2, 0.25) is 0 Å². The summed E-state index contributed by atoms with van der Waals surface area (Å²) in [5.41, 5.74) is 40.2. The molecule has 4 spiro atoms. The largest absolute Gasteiger partial charge is 0.488 e. The fraction of sp³-hybridized carbons (Fsp3) is 0.0357. The van der Waals surface area contributed by atoms with Gasteiger partial charge >= 0.3 is 7.12 Å². The van der Waals surface area contributed by atoms with Crippen molar-refractivity contribution in [2.45, 2.75) is 21.7 Å². The van der Waals surface area contributed by atoms with E-state index in [4.69, 9.17) is 0 Å². The standard InChI is InChI=1S/C56H35N.C38H23Br.C18H14BNO2/c1-7-24-45-39(18-1)40-19-2-8-25-46(40)55(45)49-28-11-12-29-50(49)56(47-26-9-3-20-41(47)42-21-4-10-27-48(42)56)52-35-37(32-33-51(52)55)36-16-15-17-38(34-36)57-53-30-13-5-22-43(53)44-23-6-14-31-54(44)57;39-24-21-22-35-36(23-24)38(31-17-7-3-13-27(31)28-14-4-8-18-32(28)38)34-20-10-9-19-33(34)37(35)29-15-5-1-11-25(29)26-12-2-6-16-30(26)37;21-19(22)13-6-5-7-14(12-13)20-17-10-3-1-8-15(17)16-9-2-4-11-18(16)20/h1-35H;1-23H;1-12,21-22H. The van der Waals surface area contributed by atoms with Gasteiger partial charge in [-0.15, -0.1) is 0 Å². The maximum atomic E-state index is 9.42. The Kier molecular flexibility index (Phi) is 15.1. The molecule has 2 heterocycles. The highest BCUT2D eigenvalue weighted by molar-refractivity contribution is 9.10. The maximum Gasteiger partial charge on any atom is 0.488 e. The van der Waals surface area contributed by atoms with Gasteiger partial charge in [-0.25, -0.2) is 0 Å². The first-order valence-corrected chi connectivity index (χ1v) is 41.6. The monoisotopic (exact) mass is 1570 g/mol. The second-order valence-corrected chi connectivity index (χ2v) is 33.1. The van der Waals surface area contributed by atoms with E-state index in [1.807, 2.05) is 42.5 Å². The molecule has 4 nitrogen and oxygen atoms in total. The third kappa shape index (κ3) is 9.11. The van der Waals surface area contributed by atoms with E-state index in [2.05, 4.69) is 401 Å². The summed E-state index contributed by atoms with van der Waals surface area (Å²) >= 11 is 3.90. The fourth-order valence-corrected chi connectivity index (χ4v) is 23.0. The highest BCUT2D eigenvalue weighted by Gasteiger charge is 2.61. The van der Waals surface area contributed by atoms with E-state index < -0.39 is 28.8 Å². The number of fused-ring (bicyclic) bond motifs is 38. The van der Waals surface area contributed by atoms with Crippen molar-refractivity contribution in [3.63, 3.8) is 0 Å². The highest BCUT2D eigenvalue weighted by Crippen LogP contribution is 2.70. The van der Waals surface area contributed by atoms with Gasteiger partial charge < -0.3 is 19.2 Å². The molecule has 20 aromatic rings. The number of hydrogen-bond acceptors (Lipinski definition) is 2. The van der Waals surface area contributed by atoms with Gasteiger partial charge in [-0.2, -0.15) is 0 Å². The van der Waals surface area contributed by atoms with Gasteiger partial charge in [-0.1, -0.05) is 374 Å². The van der Waals surface area contributed by atoms with Crippen LogP contribution in [0.5, 0.6) is 0 Å². The number of halogens is 1. The Morgan fingerprint density at radius 3 is 0.771 bits per heavy atom. The third-order valence-electron chi connectivity index (χ3n) is 26.9. The van der Waals surface area contributed by atoms with Crippen LogP contribution < -0.4 is 5.46 Å². The number of para-hydroxylation sites is 4. The molecule has 6 aliphatic carbocycles. The zero-order valence-corrected chi connectivity index (χ0v) is 65.7. The van der Waals surface area contributed by atoms with Crippen molar-refractivity contribution in [1.82, 2.24) is 9.13 Å². The minimum Gasteiger partial charge on any atom is -0.423 e. The van der Waals surface area contributed by atoms with Crippen LogP contribution in [0.25, 0.3) is 111 Å². The lowest BCUT2D eigenvalue weighted by atomic mass is 9.52. The first-order valence-electron chi connectivity index (χ1n) is 40.8. The Balaban J connectivity index is 0.000000112. The first kappa shape index (κ1) is 68.4. The molecule has 118 heavy (non-hydrogen) atoms. The number of aromatic nitrogens is 2. The summed E-state index contributed by atoms with van der Waals surface area (Å²) in [4.78, 5) is 0. The van der Waals surface area contributed by atoms with Crippen LogP contribution in [0.4, 0.5) is 0 Å². The number of nitrogens with zero attached hydrogens (tertiary/aromatic N) is 2. The molecule has 0 saturated carbocycles. The second kappa shape index (κ2) is 26.0. The van der Waals surface area contributed by atoms with Crippen molar-refractivity contribution in [1.29, 1.82) is 0 Å². The van der Waals surface area contributed by atoms with Crippen molar-refractivity contribution >= 4 is 72.1 Å². The summed E-state index contributed by atoms with van der Waals surface area (Å²) in [5.74, 6) is 0. The van der Waals surface area contributed by atoms with Gasteiger partial charge in [-0.3, -0.25) is 0 Å². The molecule has 0 bridgehead atoms. The summed E-state index contributed by atoms with van der Waals surface area (Å²) < 4.78 is 5.68. The lowest BCUT2D eigenvalue weighted by Gasteiger charge is -2.49. The molecule has 26 rings (SSSR count). The second-order valence-electron chi connectivity index (χ2n) is 32.2. The Hall–Kier alpha value is -14.0. The summed E-state index contributed by atoms with van der Waals surface area (Å²) in [7, 11) is -1.46. The van der Waals surface area contributed by atoms with Crippen LogP contribution in [0, 0.1) is 0 Å². The average Bonchev–Trinajstić information content (AvgIpc) is 1.46. The third-order valence-corrected chi connectivity index (χ3v) is 27.4. The molecule has 2 aromatic heterocycles. The van der Waals surface area contributed by atoms with Gasteiger partial charge in [0.25, 0.3) is 0 Å². The minimum absolute atomic E-state index is 0.391. The van der Waals surface area contributed by atoms with Crippen molar-refractivity contribution in [2.75, 3.05) is 0 Å². The minimum atomic E-state index is -1.46. The highest BCUT2D eigenvalue weighted by atomic mass is 79.9. The fourth-order valence-electron chi connectivity index (χ4n) is 22.7. The Bertz CT molecular complexity index is 7340.